The lowest BCUT2D eigenvalue weighted by atomic mass is 10.1. The molecular weight excluding hydrogens is 191 g/mol. The van der Waals surface area contributed by atoms with Crippen molar-refractivity contribution >= 4 is 5.69 Å². The number of rotatable bonds is 6. The van der Waals surface area contributed by atoms with Gasteiger partial charge in [0, 0.05) is 12.2 Å². The smallest absolute Gasteiger partial charge is 0.125 e. The van der Waals surface area contributed by atoms with Crippen LogP contribution in [0.4, 0.5) is 10.1 Å². The molecule has 3 heteroatoms. The Hall–Kier alpha value is -1.09. The van der Waals surface area contributed by atoms with E-state index in [-0.39, 0.29) is 5.82 Å². The lowest BCUT2D eigenvalue weighted by molar-refractivity contribution is 0.506. The molecule has 0 aliphatic rings. The van der Waals surface area contributed by atoms with E-state index < -0.39 is 0 Å². The Bertz CT molecular complexity index is 289. The second-order valence-electron chi connectivity index (χ2n) is 3.72. The van der Waals surface area contributed by atoms with E-state index in [0.717, 1.165) is 25.2 Å². The summed E-state index contributed by atoms with van der Waals surface area (Å²) in [6.07, 6.45) is 1.11. The number of hydrogen-bond donors (Lipinski definition) is 2. The third-order valence-corrected chi connectivity index (χ3v) is 2.49. The van der Waals surface area contributed by atoms with E-state index in [4.69, 9.17) is 0 Å². The van der Waals surface area contributed by atoms with Gasteiger partial charge in [-0.25, -0.2) is 4.39 Å². The molecule has 1 aromatic rings. The molecule has 0 radical (unpaired) electrons. The van der Waals surface area contributed by atoms with Gasteiger partial charge in [-0.2, -0.15) is 0 Å². The molecule has 2 nitrogen and oxygen atoms in total. The van der Waals surface area contributed by atoms with Crippen LogP contribution in [0, 0.1) is 11.7 Å². The van der Waals surface area contributed by atoms with E-state index in [0.29, 0.717) is 5.92 Å². The van der Waals surface area contributed by atoms with Crippen molar-refractivity contribution in [1.29, 1.82) is 0 Å². The highest BCUT2D eigenvalue weighted by molar-refractivity contribution is 5.42. The normalized spacial score (nSPS) is 12.5. The monoisotopic (exact) mass is 210 g/mol. The van der Waals surface area contributed by atoms with Gasteiger partial charge in [0.05, 0.1) is 0 Å². The topological polar surface area (TPSA) is 24.1 Å². The van der Waals surface area contributed by atoms with E-state index in [1.54, 1.807) is 6.07 Å². The quantitative estimate of drug-likeness (QED) is 0.753. The van der Waals surface area contributed by atoms with E-state index in [1.807, 2.05) is 13.1 Å². The van der Waals surface area contributed by atoms with Crippen LogP contribution in [0.1, 0.15) is 13.3 Å². The molecule has 15 heavy (non-hydrogen) atoms. The Morgan fingerprint density at radius 3 is 2.73 bits per heavy atom. The van der Waals surface area contributed by atoms with Crippen LogP contribution < -0.4 is 10.6 Å². The molecule has 0 aliphatic carbocycles. The lowest BCUT2D eigenvalue weighted by Gasteiger charge is -2.15. The Balaban J connectivity index is 2.41. The number of halogens is 1. The molecule has 2 N–H and O–H groups in total. The average molecular weight is 210 g/mol. The first-order valence-corrected chi connectivity index (χ1v) is 5.40. The van der Waals surface area contributed by atoms with Gasteiger partial charge in [-0.3, -0.25) is 0 Å². The van der Waals surface area contributed by atoms with Crippen molar-refractivity contribution in [2.75, 3.05) is 25.5 Å². The van der Waals surface area contributed by atoms with Crippen LogP contribution >= 0.6 is 0 Å². The maximum Gasteiger partial charge on any atom is 0.125 e. The van der Waals surface area contributed by atoms with Gasteiger partial charge in [0.25, 0.3) is 0 Å². The second-order valence-corrected chi connectivity index (χ2v) is 3.72. The molecule has 1 atom stereocenters. The minimum absolute atomic E-state index is 0.193. The minimum Gasteiger partial charge on any atom is -0.385 e. The summed E-state index contributed by atoms with van der Waals surface area (Å²) in [6.45, 7) is 4.02. The first-order chi connectivity index (χ1) is 7.26. The number of hydrogen-bond acceptors (Lipinski definition) is 2. The summed E-state index contributed by atoms with van der Waals surface area (Å²) in [7, 11) is 1.95. The van der Waals surface area contributed by atoms with E-state index >= 15 is 0 Å². The van der Waals surface area contributed by atoms with Gasteiger partial charge >= 0.3 is 0 Å². The molecule has 84 valence electrons. The first-order valence-electron chi connectivity index (χ1n) is 5.40. The zero-order valence-electron chi connectivity index (χ0n) is 9.39. The standard InChI is InChI=1S/C12H19FN2/c1-3-10(8-14-2)9-15-12-6-4-5-11(13)7-12/h4-7,10,14-15H,3,8-9H2,1-2H3. The molecule has 1 aromatic carbocycles. The summed E-state index contributed by atoms with van der Waals surface area (Å²) >= 11 is 0. The number of anilines is 1. The van der Waals surface area contributed by atoms with Gasteiger partial charge in [-0.1, -0.05) is 19.4 Å². The molecule has 1 unspecified atom stereocenters. The number of benzene rings is 1. The Labute approximate surface area is 90.9 Å². The van der Waals surface area contributed by atoms with Gasteiger partial charge < -0.3 is 10.6 Å². The summed E-state index contributed by atoms with van der Waals surface area (Å²) in [6, 6.07) is 6.58. The predicted molar refractivity (Wildman–Crippen MR) is 62.6 cm³/mol. The fraction of sp³-hybridized carbons (Fsp3) is 0.500. The predicted octanol–water partition coefficient (Wildman–Crippen LogP) is 2.48. The van der Waals surface area contributed by atoms with Crippen molar-refractivity contribution in [2.45, 2.75) is 13.3 Å². The molecule has 0 bridgehead atoms. The van der Waals surface area contributed by atoms with E-state index in [1.165, 1.54) is 12.1 Å². The van der Waals surface area contributed by atoms with E-state index in [2.05, 4.69) is 17.6 Å². The van der Waals surface area contributed by atoms with Crippen LogP contribution in [0.2, 0.25) is 0 Å². The molecule has 0 aromatic heterocycles. The summed E-state index contributed by atoms with van der Waals surface area (Å²) in [5.41, 5.74) is 0.851. The van der Waals surface area contributed by atoms with Crippen LogP contribution in [-0.2, 0) is 0 Å². The first kappa shape index (κ1) is 12.0. The summed E-state index contributed by atoms with van der Waals surface area (Å²) in [5.74, 6) is 0.389. The van der Waals surface area contributed by atoms with Crippen molar-refractivity contribution in [3.8, 4) is 0 Å². The highest BCUT2D eigenvalue weighted by atomic mass is 19.1. The van der Waals surface area contributed by atoms with E-state index in [9.17, 15) is 4.39 Å². The highest BCUT2D eigenvalue weighted by Crippen LogP contribution is 2.10. The Morgan fingerprint density at radius 2 is 2.13 bits per heavy atom. The van der Waals surface area contributed by atoms with Crippen LogP contribution in [-0.4, -0.2) is 20.1 Å². The summed E-state index contributed by atoms with van der Waals surface area (Å²) in [4.78, 5) is 0. The van der Waals surface area contributed by atoms with Gasteiger partial charge in [0.1, 0.15) is 5.82 Å². The maximum absolute atomic E-state index is 12.9. The average Bonchev–Trinajstić information content (AvgIpc) is 2.24. The van der Waals surface area contributed by atoms with Crippen molar-refractivity contribution in [2.24, 2.45) is 5.92 Å². The van der Waals surface area contributed by atoms with Gasteiger partial charge in [0.15, 0.2) is 0 Å². The van der Waals surface area contributed by atoms with Crippen molar-refractivity contribution < 1.29 is 4.39 Å². The van der Waals surface area contributed by atoms with Crippen molar-refractivity contribution in [3.05, 3.63) is 30.1 Å². The van der Waals surface area contributed by atoms with Gasteiger partial charge in [-0.05, 0) is 37.7 Å². The second kappa shape index (κ2) is 6.40. The van der Waals surface area contributed by atoms with Gasteiger partial charge in [0.2, 0.25) is 0 Å². The highest BCUT2D eigenvalue weighted by Gasteiger charge is 2.04. The third-order valence-electron chi connectivity index (χ3n) is 2.49. The molecule has 0 fully saturated rings. The molecule has 1 rings (SSSR count). The summed E-state index contributed by atoms with van der Waals surface area (Å²) in [5, 5.41) is 6.39. The molecule has 0 spiro atoms. The molecule has 0 aliphatic heterocycles. The van der Waals surface area contributed by atoms with Gasteiger partial charge in [-0.15, -0.1) is 0 Å². The fourth-order valence-electron chi connectivity index (χ4n) is 1.51. The molecule has 0 heterocycles. The van der Waals surface area contributed by atoms with Crippen molar-refractivity contribution in [3.63, 3.8) is 0 Å². The SMILES string of the molecule is CCC(CNC)CNc1cccc(F)c1. The molecule has 0 saturated heterocycles. The summed E-state index contributed by atoms with van der Waals surface area (Å²) < 4.78 is 12.9. The van der Waals surface area contributed by atoms with Crippen LogP contribution in [0.15, 0.2) is 24.3 Å². The third kappa shape index (κ3) is 4.30. The minimum atomic E-state index is -0.193. The Morgan fingerprint density at radius 1 is 1.33 bits per heavy atom. The van der Waals surface area contributed by atoms with Crippen LogP contribution in [0.5, 0.6) is 0 Å². The molecular formula is C12H19FN2. The molecule has 0 saturated carbocycles. The lowest BCUT2D eigenvalue weighted by Crippen LogP contribution is -2.24. The fourth-order valence-corrected chi connectivity index (χ4v) is 1.51. The Kier molecular flexibility index (Phi) is 5.12. The number of nitrogens with one attached hydrogen (secondary N) is 2. The van der Waals surface area contributed by atoms with Crippen LogP contribution in [0.3, 0.4) is 0 Å². The molecule has 0 amide bonds. The largest absolute Gasteiger partial charge is 0.385 e. The zero-order chi connectivity index (χ0) is 11.1. The maximum atomic E-state index is 12.9. The van der Waals surface area contributed by atoms with Crippen LogP contribution in [0.25, 0.3) is 0 Å². The van der Waals surface area contributed by atoms with Crippen molar-refractivity contribution in [1.82, 2.24) is 5.32 Å². The zero-order valence-corrected chi connectivity index (χ0v) is 9.39.